The van der Waals surface area contributed by atoms with E-state index in [-0.39, 0.29) is 13.0 Å². The molecule has 2 N–H and O–H groups in total. The summed E-state index contributed by atoms with van der Waals surface area (Å²) < 4.78 is 0. The summed E-state index contributed by atoms with van der Waals surface area (Å²) in [6, 6.07) is 15.7. The van der Waals surface area contributed by atoms with E-state index in [0.717, 1.165) is 5.56 Å². The van der Waals surface area contributed by atoms with Crippen molar-refractivity contribution in [2.45, 2.75) is 13.0 Å². The van der Waals surface area contributed by atoms with Crippen LogP contribution in [0, 0.1) is 11.3 Å². The molecule has 5 nitrogen and oxygen atoms in total. The van der Waals surface area contributed by atoms with E-state index in [0.29, 0.717) is 16.3 Å². The average molecular weight is 328 g/mol. The van der Waals surface area contributed by atoms with E-state index >= 15 is 0 Å². The quantitative estimate of drug-likeness (QED) is 0.828. The van der Waals surface area contributed by atoms with E-state index in [1.165, 1.54) is 0 Å². The number of anilines is 1. The minimum absolute atomic E-state index is 0.251. The van der Waals surface area contributed by atoms with Crippen LogP contribution < -0.4 is 10.6 Å². The van der Waals surface area contributed by atoms with E-state index in [9.17, 15) is 9.59 Å². The summed E-state index contributed by atoms with van der Waals surface area (Å²) in [5.41, 5.74) is 1.51. The third-order valence-electron chi connectivity index (χ3n) is 3.08. The van der Waals surface area contributed by atoms with Gasteiger partial charge in [0.1, 0.15) is 12.5 Å². The van der Waals surface area contributed by atoms with Crippen LogP contribution in [0.4, 0.5) is 5.69 Å². The Bertz CT molecular complexity index is 768. The maximum Gasteiger partial charge on any atom is 0.233 e. The molecule has 116 valence electrons. The first kappa shape index (κ1) is 16.5. The molecule has 0 unspecified atom stereocenters. The maximum atomic E-state index is 11.9. The van der Waals surface area contributed by atoms with Crippen LogP contribution in [0.5, 0.6) is 0 Å². The molecule has 0 spiro atoms. The van der Waals surface area contributed by atoms with Gasteiger partial charge in [-0.1, -0.05) is 41.9 Å². The molecule has 23 heavy (non-hydrogen) atoms. The first-order valence-corrected chi connectivity index (χ1v) is 7.27. The van der Waals surface area contributed by atoms with Crippen LogP contribution in [0.25, 0.3) is 0 Å². The number of halogens is 1. The van der Waals surface area contributed by atoms with E-state index < -0.39 is 11.8 Å². The Hall–Kier alpha value is -2.84. The first-order valence-electron chi connectivity index (χ1n) is 6.89. The van der Waals surface area contributed by atoms with Gasteiger partial charge in [0.2, 0.25) is 11.8 Å². The van der Waals surface area contributed by atoms with E-state index in [2.05, 4.69) is 10.6 Å². The number of nitriles is 1. The number of rotatable bonds is 5. The molecule has 0 radical (unpaired) electrons. The number of hydrogen-bond acceptors (Lipinski definition) is 3. The third kappa shape index (κ3) is 4.83. The number of nitrogens with zero attached hydrogens (tertiary/aromatic N) is 1. The summed E-state index contributed by atoms with van der Waals surface area (Å²) in [5, 5.41) is 14.7. The Balaban J connectivity index is 1.87. The lowest BCUT2D eigenvalue weighted by atomic mass is 10.2. The van der Waals surface area contributed by atoms with Gasteiger partial charge in [0.15, 0.2) is 0 Å². The predicted molar refractivity (Wildman–Crippen MR) is 87.7 cm³/mol. The fourth-order valence-electron chi connectivity index (χ4n) is 1.93. The average Bonchev–Trinajstić information content (AvgIpc) is 2.54. The highest BCUT2D eigenvalue weighted by atomic mass is 35.5. The lowest BCUT2D eigenvalue weighted by Crippen LogP contribution is -2.28. The van der Waals surface area contributed by atoms with Gasteiger partial charge < -0.3 is 10.6 Å². The smallest absolute Gasteiger partial charge is 0.233 e. The van der Waals surface area contributed by atoms with Gasteiger partial charge in [-0.05, 0) is 23.8 Å². The molecule has 0 fully saturated rings. The molecule has 2 amide bonds. The van der Waals surface area contributed by atoms with Crippen molar-refractivity contribution >= 4 is 29.1 Å². The summed E-state index contributed by atoms with van der Waals surface area (Å²) in [4.78, 5) is 23.7. The number of benzene rings is 2. The summed E-state index contributed by atoms with van der Waals surface area (Å²) in [6.45, 7) is 0.251. The lowest BCUT2D eigenvalue weighted by Gasteiger charge is -2.08. The van der Waals surface area contributed by atoms with Crippen molar-refractivity contribution in [3.8, 4) is 6.07 Å². The van der Waals surface area contributed by atoms with Crippen LogP contribution in [0.15, 0.2) is 48.5 Å². The van der Waals surface area contributed by atoms with Crippen LogP contribution in [0.1, 0.15) is 17.5 Å². The Kier molecular flexibility index (Phi) is 5.73. The van der Waals surface area contributed by atoms with Gasteiger partial charge in [0, 0.05) is 11.6 Å². The second-order valence-electron chi connectivity index (χ2n) is 4.75. The van der Waals surface area contributed by atoms with Gasteiger partial charge in [-0.25, -0.2) is 0 Å². The predicted octanol–water partition coefficient (Wildman–Crippen LogP) is 2.86. The summed E-state index contributed by atoms with van der Waals surface area (Å²) >= 11 is 5.99. The second kappa shape index (κ2) is 7.97. The maximum absolute atomic E-state index is 11.9. The summed E-state index contributed by atoms with van der Waals surface area (Å²) in [6.07, 6.45) is -0.329. The van der Waals surface area contributed by atoms with Crippen LogP contribution >= 0.6 is 11.6 Å². The van der Waals surface area contributed by atoms with Crippen molar-refractivity contribution in [2.75, 3.05) is 5.32 Å². The Morgan fingerprint density at radius 2 is 1.74 bits per heavy atom. The molecule has 0 aliphatic heterocycles. The molecule has 6 heteroatoms. The van der Waals surface area contributed by atoms with Crippen LogP contribution in [-0.4, -0.2) is 11.8 Å². The largest absolute Gasteiger partial charge is 0.352 e. The highest BCUT2D eigenvalue weighted by molar-refractivity contribution is 6.31. The monoisotopic (exact) mass is 327 g/mol. The number of nitrogens with one attached hydrogen (secondary N) is 2. The Morgan fingerprint density at radius 3 is 2.48 bits per heavy atom. The van der Waals surface area contributed by atoms with Gasteiger partial charge in [-0.15, -0.1) is 0 Å². The fraction of sp³-hybridized carbons (Fsp3) is 0.118. The normalized spacial score (nSPS) is 9.74. The molecule has 0 aliphatic carbocycles. The zero-order chi connectivity index (χ0) is 16.7. The highest BCUT2D eigenvalue weighted by Gasteiger charge is 2.11. The Labute approximate surface area is 138 Å². The van der Waals surface area contributed by atoms with Crippen molar-refractivity contribution in [3.05, 3.63) is 64.7 Å². The minimum Gasteiger partial charge on any atom is -0.352 e. The van der Waals surface area contributed by atoms with Crippen LogP contribution in [0.2, 0.25) is 5.02 Å². The number of para-hydroxylation sites is 1. The van der Waals surface area contributed by atoms with Crippen molar-refractivity contribution < 1.29 is 9.59 Å². The fourth-order valence-corrected chi connectivity index (χ4v) is 2.13. The van der Waals surface area contributed by atoms with Gasteiger partial charge in [-0.3, -0.25) is 9.59 Å². The minimum atomic E-state index is -0.482. The molecule has 0 saturated carbocycles. The second-order valence-corrected chi connectivity index (χ2v) is 5.16. The van der Waals surface area contributed by atoms with Crippen LogP contribution in [-0.2, 0) is 16.1 Å². The van der Waals surface area contributed by atoms with Crippen molar-refractivity contribution in [3.63, 3.8) is 0 Å². The molecule has 2 aromatic rings. The molecule has 2 rings (SSSR count). The molecule has 0 bridgehead atoms. The summed E-state index contributed by atoms with van der Waals surface area (Å²) in [5.74, 6) is -0.902. The number of carbonyl (C=O) groups is 2. The molecule has 0 atom stereocenters. The number of carbonyl (C=O) groups excluding carboxylic acids is 2. The Morgan fingerprint density at radius 1 is 1.04 bits per heavy atom. The van der Waals surface area contributed by atoms with Crippen LogP contribution in [0.3, 0.4) is 0 Å². The summed E-state index contributed by atoms with van der Waals surface area (Å²) in [7, 11) is 0. The molecule has 2 aromatic carbocycles. The van der Waals surface area contributed by atoms with Gasteiger partial charge in [0.25, 0.3) is 0 Å². The number of hydrogen-bond donors (Lipinski definition) is 2. The molecule has 0 saturated heterocycles. The van der Waals surface area contributed by atoms with Gasteiger partial charge in [0.05, 0.1) is 11.3 Å². The number of amides is 2. The molecular formula is C17H14ClN3O2. The standard InChI is InChI=1S/C17H14ClN3O2/c18-14-7-3-1-6-13(14)11-20-16(22)9-17(23)21-15-8-4-2-5-12(15)10-19/h1-8H,9,11H2,(H,20,22)(H,21,23). The zero-order valence-electron chi connectivity index (χ0n) is 12.2. The van der Waals surface area contributed by atoms with E-state index in [4.69, 9.17) is 16.9 Å². The molecule has 0 heterocycles. The van der Waals surface area contributed by atoms with Gasteiger partial charge in [-0.2, -0.15) is 5.26 Å². The molecular weight excluding hydrogens is 314 g/mol. The molecule has 0 aliphatic rings. The van der Waals surface area contributed by atoms with Crippen molar-refractivity contribution in [1.82, 2.24) is 5.32 Å². The SMILES string of the molecule is N#Cc1ccccc1NC(=O)CC(=O)NCc1ccccc1Cl. The zero-order valence-corrected chi connectivity index (χ0v) is 12.9. The topological polar surface area (TPSA) is 82.0 Å². The van der Waals surface area contributed by atoms with Crippen molar-refractivity contribution in [1.29, 1.82) is 5.26 Å². The van der Waals surface area contributed by atoms with E-state index in [1.54, 1.807) is 42.5 Å². The third-order valence-corrected chi connectivity index (χ3v) is 3.45. The van der Waals surface area contributed by atoms with Crippen molar-refractivity contribution in [2.24, 2.45) is 0 Å². The lowest BCUT2D eigenvalue weighted by molar-refractivity contribution is -0.126. The van der Waals surface area contributed by atoms with E-state index in [1.807, 2.05) is 12.1 Å². The highest BCUT2D eigenvalue weighted by Crippen LogP contribution is 2.15. The first-order chi connectivity index (χ1) is 11.1. The van der Waals surface area contributed by atoms with Gasteiger partial charge >= 0.3 is 0 Å². The molecule has 0 aromatic heterocycles.